The number of benzene rings is 2. The first-order valence-corrected chi connectivity index (χ1v) is 10.2. The van der Waals surface area contributed by atoms with Crippen LogP contribution < -0.4 is 10.1 Å². The van der Waals surface area contributed by atoms with E-state index in [9.17, 15) is 17.6 Å². The lowest BCUT2D eigenvalue weighted by atomic mass is 10.1. The van der Waals surface area contributed by atoms with Gasteiger partial charge in [-0.25, -0.2) is 4.39 Å². The Hall–Kier alpha value is -3.53. The van der Waals surface area contributed by atoms with Gasteiger partial charge in [-0.1, -0.05) is 6.07 Å². The first-order chi connectivity index (χ1) is 14.1. The van der Waals surface area contributed by atoms with Crippen molar-refractivity contribution in [1.82, 2.24) is 9.88 Å². The lowest BCUT2D eigenvalue weighted by Crippen LogP contribution is -2.11. The summed E-state index contributed by atoms with van der Waals surface area (Å²) in [6.07, 6.45) is 1.15. The molecule has 0 saturated carbocycles. The van der Waals surface area contributed by atoms with Gasteiger partial charge in [-0.15, -0.1) is 4.40 Å². The number of sulfonamides is 1. The van der Waals surface area contributed by atoms with Crippen LogP contribution >= 0.6 is 0 Å². The van der Waals surface area contributed by atoms with E-state index < -0.39 is 15.8 Å². The van der Waals surface area contributed by atoms with Crippen molar-refractivity contribution in [2.24, 2.45) is 4.40 Å². The number of ether oxygens (including phenoxy) is 1. The summed E-state index contributed by atoms with van der Waals surface area (Å²) in [6, 6.07) is 11.5. The van der Waals surface area contributed by atoms with E-state index in [-0.39, 0.29) is 22.6 Å². The number of carbonyl (C=O) groups is 1. The zero-order valence-corrected chi connectivity index (χ0v) is 17.3. The van der Waals surface area contributed by atoms with Crippen LogP contribution in [0.25, 0.3) is 10.8 Å². The molecule has 1 N–H and O–H groups in total. The van der Waals surface area contributed by atoms with Crippen molar-refractivity contribution in [3.05, 3.63) is 54.3 Å². The molecule has 0 aliphatic heterocycles. The number of nitrogens with zero attached hydrogens (tertiary/aromatic N) is 3. The number of pyridine rings is 1. The highest BCUT2D eigenvalue weighted by atomic mass is 32.2. The number of fused-ring (bicyclic) bond motifs is 1. The summed E-state index contributed by atoms with van der Waals surface area (Å²) in [4.78, 5) is 17.0. The number of rotatable bonds is 6. The third kappa shape index (κ3) is 5.09. The summed E-state index contributed by atoms with van der Waals surface area (Å²) in [6.45, 7) is 1.37. The van der Waals surface area contributed by atoms with Crippen LogP contribution in [0.3, 0.4) is 0 Å². The second-order valence-electron chi connectivity index (χ2n) is 6.60. The molecule has 0 unspecified atom stereocenters. The van der Waals surface area contributed by atoms with Gasteiger partial charge in [0.05, 0.1) is 0 Å². The number of amides is 1. The summed E-state index contributed by atoms with van der Waals surface area (Å²) in [5, 5.41) is 3.31. The van der Waals surface area contributed by atoms with E-state index in [2.05, 4.69) is 14.7 Å². The predicted molar refractivity (Wildman–Crippen MR) is 112 cm³/mol. The third-order valence-electron chi connectivity index (χ3n) is 3.80. The van der Waals surface area contributed by atoms with Gasteiger partial charge >= 0.3 is 10.0 Å². The van der Waals surface area contributed by atoms with Crippen LogP contribution in [0.5, 0.6) is 11.6 Å². The average molecular weight is 430 g/mol. The fourth-order valence-corrected chi connectivity index (χ4v) is 3.40. The number of nitrogens with one attached hydrogen (secondary N) is 1. The zero-order valence-electron chi connectivity index (χ0n) is 16.5. The molecule has 3 aromatic rings. The van der Waals surface area contributed by atoms with E-state index in [0.29, 0.717) is 16.5 Å². The van der Waals surface area contributed by atoms with E-state index in [1.165, 1.54) is 42.2 Å². The van der Waals surface area contributed by atoms with Crippen molar-refractivity contribution in [1.29, 1.82) is 0 Å². The number of hydrogen-bond donors (Lipinski definition) is 1. The van der Waals surface area contributed by atoms with Crippen LogP contribution in [0.1, 0.15) is 6.92 Å². The van der Waals surface area contributed by atoms with Crippen molar-refractivity contribution >= 4 is 38.7 Å². The molecule has 0 spiro atoms. The van der Waals surface area contributed by atoms with Crippen LogP contribution in [-0.4, -0.2) is 44.6 Å². The second kappa shape index (κ2) is 8.46. The standard InChI is InChI=1S/C20H19FN4O4S/c1-13(26)23-16-7-4-14-10-19(30(27,28)22-12-25(2)3)24-20(18(14)11-16)29-17-8-5-15(21)6-9-17/h4-12H,1-3H3,(H,23,26)/b22-12+. The lowest BCUT2D eigenvalue weighted by Gasteiger charge is -2.12. The topological polar surface area (TPSA) is 101 Å². The summed E-state index contributed by atoms with van der Waals surface area (Å²) < 4.78 is 47.7. The molecule has 1 amide bonds. The Kier molecular flexibility index (Phi) is 5.97. The van der Waals surface area contributed by atoms with Gasteiger partial charge < -0.3 is 15.0 Å². The molecule has 0 atom stereocenters. The van der Waals surface area contributed by atoms with Gasteiger partial charge in [0.25, 0.3) is 0 Å². The summed E-state index contributed by atoms with van der Waals surface area (Å²) in [5.74, 6) is -0.464. The highest BCUT2D eigenvalue weighted by Gasteiger charge is 2.19. The molecule has 0 radical (unpaired) electrons. The highest BCUT2D eigenvalue weighted by Crippen LogP contribution is 2.32. The second-order valence-corrected chi connectivity index (χ2v) is 8.18. The fraction of sp³-hybridized carbons (Fsp3) is 0.150. The van der Waals surface area contributed by atoms with E-state index in [1.807, 2.05) is 0 Å². The monoisotopic (exact) mass is 430 g/mol. The molecule has 30 heavy (non-hydrogen) atoms. The fourth-order valence-electron chi connectivity index (χ4n) is 2.51. The first kappa shape index (κ1) is 21.2. The van der Waals surface area contributed by atoms with Crippen molar-refractivity contribution in [3.63, 3.8) is 0 Å². The van der Waals surface area contributed by atoms with Crippen LogP contribution in [0, 0.1) is 5.82 Å². The average Bonchev–Trinajstić information content (AvgIpc) is 2.68. The maximum Gasteiger partial charge on any atom is 0.301 e. The van der Waals surface area contributed by atoms with E-state index in [1.54, 1.807) is 32.3 Å². The Balaban J connectivity index is 2.16. The van der Waals surface area contributed by atoms with Gasteiger partial charge in [-0.05, 0) is 47.9 Å². The van der Waals surface area contributed by atoms with Crippen molar-refractivity contribution < 1.29 is 22.3 Å². The summed E-state index contributed by atoms with van der Waals surface area (Å²) in [5.41, 5.74) is 0.488. The maximum absolute atomic E-state index is 13.2. The molecule has 0 saturated heterocycles. The molecule has 8 nitrogen and oxygen atoms in total. The molecule has 10 heteroatoms. The molecule has 0 aliphatic carbocycles. The molecule has 2 aromatic carbocycles. The van der Waals surface area contributed by atoms with Crippen LogP contribution in [0.2, 0.25) is 0 Å². The number of aromatic nitrogens is 1. The Labute approximate surface area is 173 Å². The Morgan fingerprint density at radius 2 is 1.87 bits per heavy atom. The van der Waals surface area contributed by atoms with Crippen LogP contribution in [0.4, 0.5) is 10.1 Å². The maximum atomic E-state index is 13.2. The van der Waals surface area contributed by atoms with E-state index in [4.69, 9.17) is 4.74 Å². The summed E-state index contributed by atoms with van der Waals surface area (Å²) >= 11 is 0. The Morgan fingerprint density at radius 1 is 1.17 bits per heavy atom. The number of anilines is 1. The number of hydrogen-bond acceptors (Lipinski definition) is 5. The van der Waals surface area contributed by atoms with Crippen LogP contribution in [0.15, 0.2) is 58.0 Å². The number of halogens is 1. The summed E-state index contributed by atoms with van der Waals surface area (Å²) in [7, 11) is -0.814. The normalized spacial score (nSPS) is 11.6. The smallest absolute Gasteiger partial charge is 0.301 e. The molecule has 3 rings (SSSR count). The molecule has 1 aromatic heterocycles. The van der Waals surface area contributed by atoms with Gasteiger partial charge in [0, 0.05) is 32.1 Å². The van der Waals surface area contributed by atoms with Crippen molar-refractivity contribution in [2.75, 3.05) is 19.4 Å². The molecular weight excluding hydrogens is 411 g/mol. The minimum Gasteiger partial charge on any atom is -0.438 e. The molecule has 0 bridgehead atoms. The Morgan fingerprint density at radius 3 is 2.50 bits per heavy atom. The largest absolute Gasteiger partial charge is 0.438 e. The SMILES string of the molecule is CC(=O)Nc1ccc2cc(S(=O)(=O)/N=C/N(C)C)nc(Oc3ccc(F)cc3)c2c1. The predicted octanol–water partition coefficient (Wildman–Crippen LogP) is 3.40. The van der Waals surface area contributed by atoms with Crippen molar-refractivity contribution in [3.8, 4) is 11.6 Å². The first-order valence-electron chi connectivity index (χ1n) is 8.77. The molecule has 156 valence electrons. The van der Waals surface area contributed by atoms with Crippen molar-refractivity contribution in [2.45, 2.75) is 11.9 Å². The van der Waals surface area contributed by atoms with Crippen LogP contribution in [-0.2, 0) is 14.8 Å². The van der Waals surface area contributed by atoms with Gasteiger partial charge in [0.15, 0.2) is 5.03 Å². The van der Waals surface area contributed by atoms with Gasteiger partial charge in [0.2, 0.25) is 11.8 Å². The minimum absolute atomic E-state index is 0.0232. The Bertz CT molecular complexity index is 1230. The molecule has 1 heterocycles. The zero-order chi connectivity index (χ0) is 21.9. The quantitative estimate of drug-likeness (QED) is 0.475. The van der Waals surface area contributed by atoms with Gasteiger partial charge in [0.1, 0.15) is 17.9 Å². The molecular formula is C20H19FN4O4S. The molecule has 0 fully saturated rings. The number of carbonyl (C=O) groups excluding carboxylic acids is 1. The third-order valence-corrected chi connectivity index (χ3v) is 4.91. The highest BCUT2D eigenvalue weighted by molar-refractivity contribution is 7.90. The minimum atomic E-state index is -4.09. The molecule has 0 aliphatic rings. The lowest BCUT2D eigenvalue weighted by molar-refractivity contribution is -0.114. The van der Waals surface area contributed by atoms with E-state index in [0.717, 1.165) is 6.34 Å². The van der Waals surface area contributed by atoms with Gasteiger partial charge in [-0.3, -0.25) is 4.79 Å². The van der Waals surface area contributed by atoms with E-state index >= 15 is 0 Å². The van der Waals surface area contributed by atoms with Gasteiger partial charge in [-0.2, -0.15) is 13.4 Å².